The second-order valence-electron chi connectivity index (χ2n) is 7.30. The number of hydrogen-bond acceptors (Lipinski definition) is 5. The Hall–Kier alpha value is -4.13. The van der Waals surface area contributed by atoms with Crippen molar-refractivity contribution in [1.29, 1.82) is 0 Å². The largest absolute Gasteiger partial charge is 0.492 e. The number of Topliss-reactive ketones (excluding diaryl/α,β-unsaturated/α-hetero) is 2. The third kappa shape index (κ3) is 2.31. The van der Waals surface area contributed by atoms with Crippen LogP contribution >= 0.6 is 0 Å². The number of hydrogen-bond donors (Lipinski definition) is 2. The molecular weight excluding hydrogens is 396 g/mol. The predicted octanol–water partition coefficient (Wildman–Crippen LogP) is 3.27. The molecule has 0 unspecified atom stereocenters. The summed E-state index contributed by atoms with van der Waals surface area (Å²) in [6.07, 6.45) is 3.16. The number of aromatic amines is 2. The second kappa shape index (κ2) is 6.70. The molecule has 0 amide bonds. The van der Waals surface area contributed by atoms with E-state index in [9.17, 15) is 14.4 Å². The van der Waals surface area contributed by atoms with E-state index < -0.39 is 23.0 Å². The molecule has 31 heavy (non-hydrogen) atoms. The average Bonchev–Trinajstić information content (AvgIpc) is 3.47. The molecule has 2 aromatic carbocycles. The van der Waals surface area contributed by atoms with E-state index >= 15 is 0 Å². The molecule has 0 radical (unpaired) electrons. The smallest absolute Gasteiger partial charge is 0.332 e. The van der Waals surface area contributed by atoms with Gasteiger partial charge in [-0.1, -0.05) is 36.4 Å². The number of fused-ring (bicyclic) bond motifs is 2. The molecule has 1 aliphatic carbocycles. The van der Waals surface area contributed by atoms with Gasteiger partial charge in [0.25, 0.3) is 0 Å². The summed E-state index contributed by atoms with van der Waals surface area (Å²) in [4.78, 5) is 47.0. The lowest BCUT2D eigenvalue weighted by atomic mass is 9.75. The van der Waals surface area contributed by atoms with Gasteiger partial charge in [-0.2, -0.15) is 0 Å². The van der Waals surface area contributed by atoms with Gasteiger partial charge in [0.05, 0.1) is 19.8 Å². The maximum atomic E-state index is 14.0. The summed E-state index contributed by atoms with van der Waals surface area (Å²) in [6, 6.07) is 14.5. The van der Waals surface area contributed by atoms with Gasteiger partial charge in [0.2, 0.25) is 11.2 Å². The van der Waals surface area contributed by atoms with Crippen molar-refractivity contribution in [1.82, 2.24) is 9.97 Å². The maximum absolute atomic E-state index is 14.0. The van der Waals surface area contributed by atoms with E-state index in [0.717, 1.165) is 18.0 Å². The topological polar surface area (TPSA) is 101 Å². The molecule has 0 bridgehead atoms. The number of H-pyrrole nitrogens is 2. The van der Waals surface area contributed by atoms with Gasteiger partial charge in [-0.05, 0) is 12.1 Å². The number of methoxy groups -OCH3 is 2. The van der Waals surface area contributed by atoms with Crippen molar-refractivity contribution in [3.8, 4) is 0 Å². The fourth-order valence-corrected chi connectivity index (χ4v) is 4.47. The minimum absolute atomic E-state index is 0.0561. The lowest BCUT2D eigenvalue weighted by molar-refractivity contribution is -0.153. The summed E-state index contributed by atoms with van der Waals surface area (Å²) in [5.41, 5.74) is 0.101. The summed E-state index contributed by atoms with van der Waals surface area (Å²) in [7, 11) is 2.48. The Morgan fingerprint density at radius 1 is 0.839 bits per heavy atom. The number of aromatic nitrogens is 2. The minimum Gasteiger partial charge on any atom is -0.492 e. The number of benzene rings is 2. The number of para-hydroxylation sites is 2. The lowest BCUT2D eigenvalue weighted by Gasteiger charge is -2.23. The summed E-state index contributed by atoms with van der Waals surface area (Å²) in [6.45, 7) is 0. The van der Waals surface area contributed by atoms with Crippen molar-refractivity contribution in [2.75, 3.05) is 14.2 Å². The maximum Gasteiger partial charge on any atom is 0.332 e. The van der Waals surface area contributed by atoms with Crippen molar-refractivity contribution in [3.63, 3.8) is 0 Å². The van der Waals surface area contributed by atoms with Crippen LogP contribution in [0.25, 0.3) is 27.4 Å². The van der Waals surface area contributed by atoms with Crippen LogP contribution in [0, 0.1) is 0 Å². The zero-order valence-electron chi connectivity index (χ0n) is 16.8. The van der Waals surface area contributed by atoms with Crippen LogP contribution in [0.1, 0.15) is 11.1 Å². The minimum atomic E-state index is -2.19. The number of carbonyl (C=O) groups is 3. The SMILES string of the molecule is COC(=O)[C@@]1(c2c[nH]c3ccccc23)C(=O)C(OC)=C(c2c[nH]c3ccccc23)C1=O. The second-order valence-corrected chi connectivity index (χ2v) is 7.30. The first-order valence-corrected chi connectivity index (χ1v) is 9.65. The van der Waals surface area contributed by atoms with Gasteiger partial charge in [-0.15, -0.1) is 0 Å². The highest BCUT2D eigenvalue weighted by atomic mass is 16.5. The molecule has 2 aromatic heterocycles. The van der Waals surface area contributed by atoms with Gasteiger partial charge in [0, 0.05) is 45.3 Å². The molecule has 154 valence electrons. The van der Waals surface area contributed by atoms with Gasteiger partial charge >= 0.3 is 5.97 Å². The first-order valence-electron chi connectivity index (χ1n) is 9.65. The number of carbonyl (C=O) groups excluding carboxylic acids is 3. The van der Waals surface area contributed by atoms with Crippen LogP contribution in [0.5, 0.6) is 0 Å². The predicted molar refractivity (Wildman–Crippen MR) is 114 cm³/mol. The Labute approximate surface area is 176 Å². The first kappa shape index (κ1) is 18.9. The van der Waals surface area contributed by atoms with Crippen molar-refractivity contribution in [2.45, 2.75) is 5.41 Å². The van der Waals surface area contributed by atoms with E-state index in [4.69, 9.17) is 9.47 Å². The lowest BCUT2D eigenvalue weighted by Crippen LogP contribution is -2.48. The van der Waals surface area contributed by atoms with Crippen molar-refractivity contribution >= 4 is 44.9 Å². The van der Waals surface area contributed by atoms with E-state index in [0.29, 0.717) is 16.5 Å². The average molecular weight is 414 g/mol. The normalized spacial score (nSPS) is 18.9. The molecule has 7 nitrogen and oxygen atoms in total. The molecule has 4 aromatic rings. The third-order valence-electron chi connectivity index (χ3n) is 5.89. The molecule has 1 aliphatic rings. The third-order valence-corrected chi connectivity index (χ3v) is 5.89. The molecule has 0 aliphatic heterocycles. The molecule has 2 N–H and O–H groups in total. The van der Waals surface area contributed by atoms with Crippen LogP contribution in [0.2, 0.25) is 0 Å². The highest BCUT2D eigenvalue weighted by molar-refractivity contribution is 6.52. The van der Waals surface area contributed by atoms with Gasteiger partial charge < -0.3 is 19.4 Å². The summed E-state index contributed by atoms with van der Waals surface area (Å²) in [5.74, 6) is -2.52. The zero-order valence-corrected chi connectivity index (χ0v) is 16.8. The number of nitrogens with one attached hydrogen (secondary N) is 2. The monoisotopic (exact) mass is 414 g/mol. The van der Waals surface area contributed by atoms with Gasteiger partial charge in [-0.3, -0.25) is 14.4 Å². The van der Waals surface area contributed by atoms with E-state index in [1.165, 1.54) is 13.3 Å². The number of allylic oxidation sites excluding steroid dienone is 2. The molecule has 7 heteroatoms. The van der Waals surface area contributed by atoms with Gasteiger partial charge in [0.1, 0.15) is 0 Å². The van der Waals surface area contributed by atoms with E-state index in [1.807, 2.05) is 30.3 Å². The number of esters is 1. The zero-order chi connectivity index (χ0) is 21.8. The quantitative estimate of drug-likeness (QED) is 0.394. The molecule has 1 atom stereocenters. The molecule has 0 fully saturated rings. The number of rotatable bonds is 4. The van der Waals surface area contributed by atoms with Crippen LogP contribution in [-0.2, 0) is 29.3 Å². The molecule has 0 saturated carbocycles. The summed E-state index contributed by atoms with van der Waals surface area (Å²) >= 11 is 0. The van der Waals surface area contributed by atoms with Crippen LogP contribution in [0.4, 0.5) is 0 Å². The summed E-state index contributed by atoms with van der Waals surface area (Å²) in [5, 5.41) is 1.33. The Morgan fingerprint density at radius 2 is 1.45 bits per heavy atom. The molecule has 2 heterocycles. The Morgan fingerprint density at radius 3 is 2.13 bits per heavy atom. The van der Waals surface area contributed by atoms with Gasteiger partial charge in [0.15, 0.2) is 11.5 Å². The highest BCUT2D eigenvalue weighted by Gasteiger charge is 2.64. The highest BCUT2D eigenvalue weighted by Crippen LogP contribution is 2.47. The molecule has 0 spiro atoms. The molecular formula is C24H18N2O5. The number of ketones is 2. The first-order chi connectivity index (χ1) is 15.1. The Kier molecular flexibility index (Phi) is 4.08. The number of ether oxygens (including phenoxy) is 2. The van der Waals surface area contributed by atoms with Crippen molar-refractivity contribution < 1.29 is 23.9 Å². The van der Waals surface area contributed by atoms with Crippen molar-refractivity contribution in [3.05, 3.63) is 77.8 Å². The standard InChI is InChI=1S/C24H18N2O5/c1-30-20-19(15-11-25-17-9-5-3-7-13(15)17)21(27)24(22(20)28,23(29)31-2)16-12-26-18-10-6-4-8-14(16)18/h3-12,25-26H,1-2H3/t24-/m1/s1. The Balaban J connectivity index is 1.82. The van der Waals surface area contributed by atoms with Crippen LogP contribution in [0.15, 0.2) is 66.7 Å². The molecule has 0 saturated heterocycles. The van der Waals surface area contributed by atoms with E-state index in [-0.39, 0.29) is 16.9 Å². The fraction of sp³-hybridized carbons (Fsp3) is 0.125. The Bertz CT molecular complexity index is 1420. The van der Waals surface area contributed by atoms with E-state index in [2.05, 4.69) is 9.97 Å². The fourth-order valence-electron chi connectivity index (χ4n) is 4.47. The van der Waals surface area contributed by atoms with Crippen LogP contribution < -0.4 is 0 Å². The summed E-state index contributed by atoms with van der Waals surface area (Å²) < 4.78 is 10.4. The van der Waals surface area contributed by atoms with E-state index in [1.54, 1.807) is 24.4 Å². The van der Waals surface area contributed by atoms with Gasteiger partial charge in [-0.25, -0.2) is 0 Å². The van der Waals surface area contributed by atoms with Crippen molar-refractivity contribution in [2.24, 2.45) is 0 Å². The molecule has 5 rings (SSSR count). The van der Waals surface area contributed by atoms with Crippen LogP contribution in [0.3, 0.4) is 0 Å². The van der Waals surface area contributed by atoms with Crippen LogP contribution in [-0.4, -0.2) is 41.7 Å².